The fourth-order valence-corrected chi connectivity index (χ4v) is 2.84. The molecule has 6 heteroatoms. The first-order valence-corrected chi connectivity index (χ1v) is 7.64. The molecule has 0 atom stereocenters. The molecule has 2 aromatic carbocycles. The van der Waals surface area contributed by atoms with Crippen molar-refractivity contribution < 1.29 is 4.79 Å². The topological polar surface area (TPSA) is 72.9 Å². The smallest absolute Gasteiger partial charge is 0.221 e. The predicted molar refractivity (Wildman–Crippen MR) is 91.7 cm³/mol. The first-order chi connectivity index (χ1) is 11.1. The zero-order chi connectivity index (χ0) is 16.4. The van der Waals surface area contributed by atoms with Gasteiger partial charge < -0.3 is 11.1 Å². The molecular weight excluding hydrogens is 312 g/mol. The fourth-order valence-electron chi connectivity index (χ4n) is 2.59. The highest BCUT2D eigenvalue weighted by Gasteiger charge is 2.11. The van der Waals surface area contributed by atoms with E-state index in [1.165, 1.54) is 5.56 Å². The molecule has 0 spiro atoms. The van der Waals surface area contributed by atoms with Gasteiger partial charge >= 0.3 is 0 Å². The second-order valence-corrected chi connectivity index (χ2v) is 5.85. The second kappa shape index (κ2) is 6.40. The first-order valence-electron chi connectivity index (χ1n) is 7.27. The first kappa shape index (κ1) is 15.5. The van der Waals surface area contributed by atoms with E-state index in [1.54, 1.807) is 10.7 Å². The van der Waals surface area contributed by atoms with E-state index in [0.717, 1.165) is 28.7 Å². The lowest BCUT2D eigenvalue weighted by molar-refractivity contribution is -0.117. The fraction of sp³-hybridized carbons (Fsp3) is 0.176. The van der Waals surface area contributed by atoms with Crippen LogP contribution in [-0.2, 0) is 17.8 Å². The normalized spacial score (nSPS) is 11.0. The zero-order valence-electron chi connectivity index (χ0n) is 12.7. The van der Waals surface area contributed by atoms with E-state index in [1.807, 2.05) is 31.4 Å². The highest BCUT2D eigenvalue weighted by atomic mass is 35.5. The Kier molecular flexibility index (Phi) is 4.32. The molecule has 0 aliphatic heterocycles. The maximum atomic E-state index is 11.2. The largest absolute Gasteiger partial charge is 0.369 e. The van der Waals surface area contributed by atoms with Crippen molar-refractivity contribution in [1.82, 2.24) is 15.1 Å². The number of carbonyl (C=O) groups is 1. The molecule has 0 saturated heterocycles. The van der Waals surface area contributed by atoms with Crippen LogP contribution in [0.3, 0.4) is 0 Å². The Morgan fingerprint density at radius 3 is 2.70 bits per heavy atom. The Hall–Kier alpha value is -2.37. The summed E-state index contributed by atoms with van der Waals surface area (Å²) in [6, 6.07) is 11.7. The van der Waals surface area contributed by atoms with Crippen LogP contribution in [0.2, 0.25) is 5.02 Å². The summed E-state index contributed by atoms with van der Waals surface area (Å²) in [5, 5.41) is 9.15. The van der Waals surface area contributed by atoms with Gasteiger partial charge in [-0.15, -0.1) is 0 Å². The molecule has 0 fully saturated rings. The lowest BCUT2D eigenvalue weighted by Gasteiger charge is -2.03. The summed E-state index contributed by atoms with van der Waals surface area (Å²) in [5.74, 6) is -0.403. The number of nitrogens with one attached hydrogen (secondary N) is 1. The standard InChI is InChI=1S/C17H17ClN4O/c1-20-9-11-2-4-15(5-3-11)22-10-13-7-14(18)6-12(8-16(19)23)17(13)21-22/h2-7,10,20H,8-9H2,1H3,(H2,19,23). The van der Waals surface area contributed by atoms with Crippen molar-refractivity contribution in [2.24, 2.45) is 5.73 Å². The molecule has 1 amide bonds. The number of halogens is 1. The van der Waals surface area contributed by atoms with Crippen LogP contribution in [0.15, 0.2) is 42.6 Å². The average molecular weight is 329 g/mol. The molecule has 23 heavy (non-hydrogen) atoms. The molecule has 0 aliphatic rings. The quantitative estimate of drug-likeness (QED) is 0.755. The third-order valence-electron chi connectivity index (χ3n) is 3.60. The van der Waals surface area contributed by atoms with Crippen LogP contribution in [0.5, 0.6) is 0 Å². The van der Waals surface area contributed by atoms with Gasteiger partial charge in [-0.3, -0.25) is 4.79 Å². The number of amides is 1. The van der Waals surface area contributed by atoms with Gasteiger partial charge in [-0.25, -0.2) is 4.68 Å². The Balaban J connectivity index is 2.03. The monoisotopic (exact) mass is 328 g/mol. The lowest BCUT2D eigenvalue weighted by atomic mass is 10.1. The highest BCUT2D eigenvalue weighted by Crippen LogP contribution is 2.25. The van der Waals surface area contributed by atoms with E-state index in [9.17, 15) is 4.79 Å². The molecule has 5 nitrogen and oxygen atoms in total. The maximum absolute atomic E-state index is 11.2. The number of rotatable bonds is 5. The summed E-state index contributed by atoms with van der Waals surface area (Å²) in [4.78, 5) is 11.2. The molecule has 0 unspecified atom stereocenters. The number of nitrogens with zero attached hydrogens (tertiary/aromatic N) is 2. The Morgan fingerprint density at radius 2 is 2.04 bits per heavy atom. The SMILES string of the molecule is CNCc1ccc(-n2cc3cc(Cl)cc(CC(N)=O)c3n2)cc1. The van der Waals surface area contributed by atoms with Crippen LogP contribution in [-0.4, -0.2) is 22.7 Å². The van der Waals surface area contributed by atoms with Gasteiger partial charge in [-0.1, -0.05) is 23.7 Å². The van der Waals surface area contributed by atoms with E-state index in [2.05, 4.69) is 22.5 Å². The molecule has 0 bridgehead atoms. The molecule has 118 valence electrons. The van der Waals surface area contributed by atoms with Crippen LogP contribution < -0.4 is 11.1 Å². The molecule has 3 rings (SSSR count). The summed E-state index contributed by atoms with van der Waals surface area (Å²) >= 11 is 6.12. The Bertz CT molecular complexity index is 855. The molecule has 0 saturated carbocycles. The number of nitrogens with two attached hydrogens (primary N) is 1. The second-order valence-electron chi connectivity index (χ2n) is 5.42. The number of benzene rings is 2. The molecule has 3 aromatic rings. The molecule has 0 aliphatic carbocycles. The van der Waals surface area contributed by atoms with E-state index < -0.39 is 5.91 Å². The van der Waals surface area contributed by atoms with E-state index in [4.69, 9.17) is 17.3 Å². The lowest BCUT2D eigenvalue weighted by Crippen LogP contribution is -2.14. The maximum Gasteiger partial charge on any atom is 0.221 e. The predicted octanol–water partition coefficient (Wildman–Crippen LogP) is 2.43. The minimum atomic E-state index is -0.403. The zero-order valence-corrected chi connectivity index (χ0v) is 13.5. The van der Waals surface area contributed by atoms with Gasteiger partial charge in [0, 0.05) is 23.2 Å². The van der Waals surface area contributed by atoms with Gasteiger partial charge in [0.1, 0.15) is 0 Å². The number of hydrogen-bond acceptors (Lipinski definition) is 3. The number of hydrogen-bond donors (Lipinski definition) is 2. The van der Waals surface area contributed by atoms with Crippen molar-refractivity contribution in [3.8, 4) is 5.69 Å². The van der Waals surface area contributed by atoms with Crippen LogP contribution in [0, 0.1) is 0 Å². The van der Waals surface area contributed by atoms with Crippen LogP contribution in [0.4, 0.5) is 0 Å². The third kappa shape index (κ3) is 3.36. The van der Waals surface area contributed by atoms with Gasteiger partial charge in [0.25, 0.3) is 0 Å². The van der Waals surface area contributed by atoms with Crippen LogP contribution in [0.25, 0.3) is 16.6 Å². The number of fused-ring (bicyclic) bond motifs is 1. The van der Waals surface area contributed by atoms with Crippen molar-refractivity contribution in [2.75, 3.05) is 7.05 Å². The number of primary amides is 1. The average Bonchev–Trinajstić information content (AvgIpc) is 2.91. The summed E-state index contributed by atoms with van der Waals surface area (Å²) in [5.41, 5.74) is 8.94. The minimum Gasteiger partial charge on any atom is -0.369 e. The van der Waals surface area contributed by atoms with Crippen LogP contribution in [0.1, 0.15) is 11.1 Å². The number of aromatic nitrogens is 2. The van der Waals surface area contributed by atoms with E-state index >= 15 is 0 Å². The van der Waals surface area contributed by atoms with E-state index in [-0.39, 0.29) is 6.42 Å². The van der Waals surface area contributed by atoms with Crippen molar-refractivity contribution in [3.63, 3.8) is 0 Å². The molecular formula is C17H17ClN4O. The Labute approximate surface area is 139 Å². The molecule has 1 aromatic heterocycles. The summed E-state index contributed by atoms with van der Waals surface area (Å²) in [7, 11) is 1.91. The van der Waals surface area contributed by atoms with Gasteiger partial charge in [0.15, 0.2) is 0 Å². The molecule has 3 N–H and O–H groups in total. The van der Waals surface area contributed by atoms with Gasteiger partial charge in [-0.2, -0.15) is 5.10 Å². The van der Waals surface area contributed by atoms with Gasteiger partial charge in [0.2, 0.25) is 5.91 Å². The summed E-state index contributed by atoms with van der Waals surface area (Å²) in [6.45, 7) is 0.819. The summed E-state index contributed by atoms with van der Waals surface area (Å²) < 4.78 is 1.79. The highest BCUT2D eigenvalue weighted by molar-refractivity contribution is 6.31. The molecule has 0 radical (unpaired) electrons. The van der Waals surface area contributed by atoms with Crippen molar-refractivity contribution in [1.29, 1.82) is 0 Å². The summed E-state index contributed by atoms with van der Waals surface area (Å²) in [6.07, 6.45) is 2.02. The Morgan fingerprint density at radius 1 is 1.30 bits per heavy atom. The van der Waals surface area contributed by atoms with Crippen molar-refractivity contribution >= 4 is 28.4 Å². The third-order valence-corrected chi connectivity index (χ3v) is 3.82. The van der Waals surface area contributed by atoms with Crippen molar-refractivity contribution in [3.05, 3.63) is 58.7 Å². The van der Waals surface area contributed by atoms with E-state index in [0.29, 0.717) is 5.02 Å². The van der Waals surface area contributed by atoms with Gasteiger partial charge in [0.05, 0.1) is 17.6 Å². The van der Waals surface area contributed by atoms with Gasteiger partial charge in [-0.05, 0) is 42.4 Å². The van der Waals surface area contributed by atoms with Crippen molar-refractivity contribution in [2.45, 2.75) is 13.0 Å². The molecule has 1 heterocycles. The van der Waals surface area contributed by atoms with Crippen LogP contribution >= 0.6 is 11.6 Å². The minimum absolute atomic E-state index is 0.120. The number of carbonyl (C=O) groups excluding carboxylic acids is 1.